The normalized spacial score (nSPS) is 12.1. The van der Waals surface area contributed by atoms with Crippen molar-refractivity contribution in [3.63, 3.8) is 0 Å². The lowest BCUT2D eigenvalue weighted by atomic mass is 10.0. The van der Waals surface area contributed by atoms with Crippen molar-refractivity contribution in [2.45, 2.75) is 40.2 Å². The number of carbonyl (C=O) groups excluding carboxylic acids is 2. The first-order chi connectivity index (χ1) is 10.4. The van der Waals surface area contributed by atoms with Crippen LogP contribution in [0.4, 0.5) is 5.69 Å². The van der Waals surface area contributed by atoms with Gasteiger partial charge in [-0.3, -0.25) is 9.59 Å². The number of nitrogens with zero attached hydrogens (tertiary/aromatic N) is 1. The molecule has 0 aromatic heterocycles. The summed E-state index contributed by atoms with van der Waals surface area (Å²) in [7, 11) is 0. The van der Waals surface area contributed by atoms with Crippen LogP contribution in [-0.4, -0.2) is 35.8 Å². The average molecular weight is 305 g/mol. The molecule has 0 saturated carbocycles. The molecule has 0 heterocycles. The zero-order valence-electron chi connectivity index (χ0n) is 13.9. The van der Waals surface area contributed by atoms with Gasteiger partial charge in [-0.25, -0.2) is 0 Å². The van der Waals surface area contributed by atoms with Crippen molar-refractivity contribution in [3.8, 4) is 0 Å². The zero-order chi connectivity index (χ0) is 16.7. The Bertz CT molecular complexity index is 493. The molecular weight excluding hydrogens is 278 g/mol. The first-order valence-electron chi connectivity index (χ1n) is 7.84. The van der Waals surface area contributed by atoms with Crippen LogP contribution in [0.5, 0.6) is 0 Å². The Morgan fingerprint density at radius 1 is 1.14 bits per heavy atom. The Balaban J connectivity index is 2.69. The van der Waals surface area contributed by atoms with Crippen LogP contribution >= 0.6 is 0 Å². The standard InChI is InChI=1S/C17H27N3O2/c1-5-20(6-2)17(22)13-7-9-14(10-8-13)19-16(21)15(18)11-12(3)4/h7-10,12,15H,5-6,11,18H2,1-4H3,(H,19,21)/t15-/m0/s1. The summed E-state index contributed by atoms with van der Waals surface area (Å²) in [6.07, 6.45) is 0.643. The predicted molar refractivity (Wildman–Crippen MR) is 89.8 cm³/mol. The topological polar surface area (TPSA) is 75.4 Å². The fraction of sp³-hybridized carbons (Fsp3) is 0.529. The number of nitrogens with two attached hydrogens (primary N) is 1. The molecule has 5 nitrogen and oxygen atoms in total. The van der Waals surface area contributed by atoms with Crippen molar-refractivity contribution in [3.05, 3.63) is 29.8 Å². The van der Waals surface area contributed by atoms with Gasteiger partial charge in [0, 0.05) is 24.3 Å². The van der Waals surface area contributed by atoms with Crippen molar-refractivity contribution in [2.75, 3.05) is 18.4 Å². The summed E-state index contributed by atoms with van der Waals surface area (Å²) in [5.41, 5.74) is 7.12. The number of hydrogen-bond donors (Lipinski definition) is 2. The number of rotatable bonds is 7. The summed E-state index contributed by atoms with van der Waals surface area (Å²) in [6, 6.07) is 6.40. The van der Waals surface area contributed by atoms with Crippen LogP contribution in [0.3, 0.4) is 0 Å². The van der Waals surface area contributed by atoms with E-state index in [-0.39, 0.29) is 11.8 Å². The Morgan fingerprint density at radius 3 is 2.14 bits per heavy atom. The molecule has 1 aromatic carbocycles. The van der Waals surface area contributed by atoms with Crippen LogP contribution in [0.1, 0.15) is 44.5 Å². The second kappa shape index (κ2) is 8.54. The van der Waals surface area contributed by atoms with Gasteiger partial charge in [-0.15, -0.1) is 0 Å². The molecule has 0 fully saturated rings. The van der Waals surface area contributed by atoms with Crippen LogP contribution < -0.4 is 11.1 Å². The molecule has 0 unspecified atom stereocenters. The van der Waals surface area contributed by atoms with Gasteiger partial charge in [-0.05, 0) is 50.5 Å². The lowest BCUT2D eigenvalue weighted by Crippen LogP contribution is -2.36. The minimum atomic E-state index is -0.517. The molecule has 1 rings (SSSR count). The second-order valence-electron chi connectivity index (χ2n) is 5.78. The van der Waals surface area contributed by atoms with Crippen molar-refractivity contribution >= 4 is 17.5 Å². The first-order valence-corrected chi connectivity index (χ1v) is 7.84. The van der Waals surface area contributed by atoms with Crippen LogP contribution in [0, 0.1) is 5.92 Å². The van der Waals surface area contributed by atoms with Gasteiger partial charge in [-0.1, -0.05) is 13.8 Å². The van der Waals surface area contributed by atoms with Gasteiger partial charge in [-0.2, -0.15) is 0 Å². The van der Waals surface area contributed by atoms with Crippen molar-refractivity contribution < 1.29 is 9.59 Å². The minimum absolute atomic E-state index is 0.000569. The third kappa shape index (κ3) is 5.15. The number of anilines is 1. The van der Waals surface area contributed by atoms with E-state index in [0.29, 0.717) is 36.7 Å². The van der Waals surface area contributed by atoms with Crippen LogP contribution in [0.2, 0.25) is 0 Å². The quantitative estimate of drug-likeness (QED) is 0.812. The van der Waals surface area contributed by atoms with E-state index in [4.69, 9.17) is 5.73 Å². The number of benzene rings is 1. The second-order valence-corrected chi connectivity index (χ2v) is 5.78. The molecule has 5 heteroatoms. The first kappa shape index (κ1) is 18.2. The number of nitrogens with one attached hydrogen (secondary N) is 1. The Kier molecular flexibility index (Phi) is 7.05. The zero-order valence-corrected chi connectivity index (χ0v) is 13.9. The SMILES string of the molecule is CCN(CC)C(=O)c1ccc(NC(=O)[C@@H](N)CC(C)C)cc1. The van der Waals surface area contributed by atoms with Gasteiger partial charge in [0.1, 0.15) is 0 Å². The summed E-state index contributed by atoms with van der Waals surface area (Å²) in [5.74, 6) is 0.172. The molecule has 0 aliphatic rings. The van der Waals surface area contributed by atoms with Gasteiger partial charge in [0.05, 0.1) is 6.04 Å². The van der Waals surface area contributed by atoms with E-state index in [0.717, 1.165) is 0 Å². The lowest BCUT2D eigenvalue weighted by molar-refractivity contribution is -0.117. The number of amides is 2. The van der Waals surface area contributed by atoms with E-state index in [9.17, 15) is 9.59 Å². The largest absolute Gasteiger partial charge is 0.339 e. The summed E-state index contributed by atoms with van der Waals surface area (Å²) in [4.78, 5) is 25.9. The highest BCUT2D eigenvalue weighted by molar-refractivity contribution is 5.97. The third-order valence-corrected chi connectivity index (χ3v) is 3.51. The summed E-state index contributed by atoms with van der Waals surface area (Å²) < 4.78 is 0. The molecule has 0 bridgehead atoms. The number of hydrogen-bond acceptors (Lipinski definition) is 3. The van der Waals surface area contributed by atoms with Gasteiger partial charge in [0.2, 0.25) is 5.91 Å². The maximum absolute atomic E-state index is 12.2. The molecule has 0 aliphatic heterocycles. The van der Waals surface area contributed by atoms with E-state index in [2.05, 4.69) is 5.32 Å². The highest BCUT2D eigenvalue weighted by Crippen LogP contribution is 2.13. The molecule has 1 atom stereocenters. The van der Waals surface area contributed by atoms with E-state index >= 15 is 0 Å². The monoisotopic (exact) mass is 305 g/mol. The molecule has 0 aliphatic carbocycles. The van der Waals surface area contributed by atoms with Gasteiger partial charge < -0.3 is 16.0 Å². The molecule has 0 radical (unpaired) electrons. The fourth-order valence-corrected chi connectivity index (χ4v) is 2.24. The lowest BCUT2D eigenvalue weighted by Gasteiger charge is -2.19. The molecule has 0 saturated heterocycles. The summed E-state index contributed by atoms with van der Waals surface area (Å²) >= 11 is 0. The van der Waals surface area contributed by atoms with Crippen molar-refractivity contribution in [1.82, 2.24) is 4.90 Å². The summed E-state index contributed by atoms with van der Waals surface area (Å²) in [6.45, 7) is 9.31. The Morgan fingerprint density at radius 2 is 1.68 bits per heavy atom. The van der Waals surface area contributed by atoms with Crippen molar-refractivity contribution in [2.24, 2.45) is 11.7 Å². The van der Waals surface area contributed by atoms with E-state index < -0.39 is 6.04 Å². The van der Waals surface area contributed by atoms with Gasteiger partial charge in [0.15, 0.2) is 0 Å². The molecule has 3 N–H and O–H groups in total. The smallest absolute Gasteiger partial charge is 0.253 e. The van der Waals surface area contributed by atoms with Gasteiger partial charge >= 0.3 is 0 Å². The molecule has 2 amide bonds. The van der Waals surface area contributed by atoms with E-state index in [1.165, 1.54) is 0 Å². The fourth-order valence-electron chi connectivity index (χ4n) is 2.24. The maximum atomic E-state index is 12.2. The number of carbonyl (C=O) groups is 2. The van der Waals surface area contributed by atoms with E-state index in [1.807, 2.05) is 27.7 Å². The molecule has 1 aromatic rings. The van der Waals surface area contributed by atoms with Crippen molar-refractivity contribution in [1.29, 1.82) is 0 Å². The molecule has 122 valence electrons. The van der Waals surface area contributed by atoms with Crippen LogP contribution in [-0.2, 0) is 4.79 Å². The minimum Gasteiger partial charge on any atom is -0.339 e. The third-order valence-electron chi connectivity index (χ3n) is 3.51. The highest BCUT2D eigenvalue weighted by atomic mass is 16.2. The predicted octanol–water partition coefficient (Wildman–Crippen LogP) is 2.48. The molecule has 0 spiro atoms. The highest BCUT2D eigenvalue weighted by Gasteiger charge is 2.16. The van der Waals surface area contributed by atoms with Gasteiger partial charge in [0.25, 0.3) is 5.91 Å². The Hall–Kier alpha value is -1.88. The summed E-state index contributed by atoms with van der Waals surface area (Å²) in [5, 5.41) is 2.78. The Labute approximate surface area is 132 Å². The maximum Gasteiger partial charge on any atom is 0.253 e. The molecular formula is C17H27N3O2. The molecule has 22 heavy (non-hydrogen) atoms. The van der Waals surface area contributed by atoms with Crippen LogP contribution in [0.15, 0.2) is 24.3 Å². The van der Waals surface area contributed by atoms with Crippen LogP contribution in [0.25, 0.3) is 0 Å². The average Bonchev–Trinajstić information content (AvgIpc) is 2.48. The van der Waals surface area contributed by atoms with E-state index in [1.54, 1.807) is 29.2 Å².